The van der Waals surface area contributed by atoms with Crippen molar-refractivity contribution in [1.29, 1.82) is 0 Å². The highest BCUT2D eigenvalue weighted by Gasteiger charge is 2.19. The minimum Gasteiger partial charge on any atom is -0.487 e. The molecule has 2 N–H and O–H groups in total. The molecule has 0 spiro atoms. The molecule has 132 valence electrons. The van der Waals surface area contributed by atoms with Gasteiger partial charge >= 0.3 is 0 Å². The van der Waals surface area contributed by atoms with Gasteiger partial charge in [0.15, 0.2) is 0 Å². The van der Waals surface area contributed by atoms with Crippen LogP contribution in [0.1, 0.15) is 43.5 Å². The van der Waals surface area contributed by atoms with Gasteiger partial charge in [0.05, 0.1) is 11.7 Å². The molecule has 1 aromatic heterocycles. The number of carbonyl (C=O) groups is 1. The predicted octanol–water partition coefficient (Wildman–Crippen LogP) is 2.98. The van der Waals surface area contributed by atoms with E-state index in [4.69, 9.17) is 4.74 Å². The van der Waals surface area contributed by atoms with Crippen LogP contribution in [0.3, 0.4) is 0 Å². The van der Waals surface area contributed by atoms with Crippen LogP contribution in [0.5, 0.6) is 5.75 Å². The van der Waals surface area contributed by atoms with Gasteiger partial charge in [-0.3, -0.25) is 9.78 Å². The second-order valence-corrected chi connectivity index (χ2v) is 6.47. The molecular weight excluding hydrogens is 314 g/mol. The molecule has 25 heavy (non-hydrogen) atoms. The van der Waals surface area contributed by atoms with Crippen molar-refractivity contribution in [3.8, 4) is 5.75 Å². The van der Waals surface area contributed by atoms with Crippen LogP contribution in [0.25, 0.3) is 0 Å². The zero-order chi connectivity index (χ0) is 17.5. The number of carbonyl (C=O) groups excluding carboxylic acids is 1. The number of hydrogen-bond donors (Lipinski definition) is 2. The quantitative estimate of drug-likeness (QED) is 0.814. The van der Waals surface area contributed by atoms with E-state index in [0.717, 1.165) is 36.4 Å². The molecule has 0 aliphatic carbocycles. The molecule has 1 saturated heterocycles. The lowest BCUT2D eigenvalue weighted by atomic mass is 10.1. The van der Waals surface area contributed by atoms with E-state index in [0.29, 0.717) is 19.1 Å². The number of rotatable bonds is 7. The number of hydrogen-bond acceptors (Lipinski definition) is 4. The van der Waals surface area contributed by atoms with Gasteiger partial charge in [-0.15, -0.1) is 0 Å². The Hall–Kier alpha value is -2.40. The maximum atomic E-state index is 12.2. The summed E-state index contributed by atoms with van der Waals surface area (Å²) in [6.45, 7) is 3.44. The lowest BCUT2D eigenvalue weighted by Crippen LogP contribution is -2.33. The van der Waals surface area contributed by atoms with E-state index < -0.39 is 0 Å². The van der Waals surface area contributed by atoms with Crippen molar-refractivity contribution in [1.82, 2.24) is 15.6 Å². The topological polar surface area (TPSA) is 63.2 Å². The summed E-state index contributed by atoms with van der Waals surface area (Å²) in [5.74, 6) is 0.869. The highest BCUT2D eigenvalue weighted by molar-refractivity contribution is 5.77. The van der Waals surface area contributed by atoms with Gasteiger partial charge in [0.25, 0.3) is 0 Å². The number of benzene rings is 1. The summed E-state index contributed by atoms with van der Waals surface area (Å²) >= 11 is 0. The van der Waals surface area contributed by atoms with Crippen molar-refractivity contribution in [3.63, 3.8) is 0 Å². The van der Waals surface area contributed by atoms with Crippen molar-refractivity contribution in [2.75, 3.05) is 6.54 Å². The second-order valence-electron chi connectivity index (χ2n) is 6.47. The number of ether oxygens (including phenoxy) is 1. The van der Waals surface area contributed by atoms with Gasteiger partial charge in [0, 0.05) is 18.7 Å². The minimum absolute atomic E-state index is 0.0488. The molecule has 0 bridgehead atoms. The zero-order valence-electron chi connectivity index (χ0n) is 14.6. The second kappa shape index (κ2) is 8.62. The highest BCUT2D eigenvalue weighted by Crippen LogP contribution is 2.20. The number of aromatic nitrogens is 1. The van der Waals surface area contributed by atoms with Crippen LogP contribution in [0, 0.1) is 0 Å². The van der Waals surface area contributed by atoms with Gasteiger partial charge < -0.3 is 15.4 Å². The van der Waals surface area contributed by atoms with Crippen molar-refractivity contribution in [3.05, 3.63) is 59.9 Å². The lowest BCUT2D eigenvalue weighted by Gasteiger charge is -2.17. The molecule has 1 aromatic carbocycles. The highest BCUT2D eigenvalue weighted by atomic mass is 16.5. The number of amides is 1. The first-order valence-electron chi connectivity index (χ1n) is 8.86. The van der Waals surface area contributed by atoms with E-state index in [2.05, 4.69) is 15.6 Å². The summed E-state index contributed by atoms with van der Waals surface area (Å²) < 4.78 is 5.81. The molecule has 1 fully saturated rings. The third-order valence-electron chi connectivity index (χ3n) is 4.44. The molecule has 0 saturated carbocycles. The Morgan fingerprint density at radius 2 is 2.28 bits per heavy atom. The fourth-order valence-corrected chi connectivity index (χ4v) is 3.05. The van der Waals surface area contributed by atoms with Crippen molar-refractivity contribution in [2.45, 2.75) is 44.9 Å². The molecule has 1 aliphatic rings. The molecule has 2 heterocycles. The summed E-state index contributed by atoms with van der Waals surface area (Å²) in [5, 5.41) is 6.43. The fraction of sp³-hybridized carbons (Fsp3) is 0.400. The number of nitrogens with one attached hydrogen (secondary N) is 2. The van der Waals surface area contributed by atoms with Gasteiger partial charge in [-0.25, -0.2) is 0 Å². The van der Waals surface area contributed by atoms with Crippen LogP contribution in [-0.4, -0.2) is 23.5 Å². The van der Waals surface area contributed by atoms with E-state index >= 15 is 0 Å². The molecule has 3 rings (SSSR count). The van der Waals surface area contributed by atoms with Crippen molar-refractivity contribution >= 4 is 5.91 Å². The summed E-state index contributed by atoms with van der Waals surface area (Å²) in [6, 6.07) is 13.9. The predicted molar refractivity (Wildman–Crippen MR) is 97.2 cm³/mol. The molecule has 2 atom stereocenters. The third kappa shape index (κ3) is 5.29. The van der Waals surface area contributed by atoms with Crippen LogP contribution in [0.15, 0.2) is 48.7 Å². The van der Waals surface area contributed by atoms with Crippen LogP contribution >= 0.6 is 0 Å². The van der Waals surface area contributed by atoms with E-state index in [-0.39, 0.29) is 11.9 Å². The standard InChI is InChI=1S/C20H25N3O2/c1-15(23-20(24)13-17-8-5-11-21-17)16-6-4-9-19(12-16)25-14-18-7-2-3-10-22-18/h2-4,6-7,9-10,12,15,17,21H,5,8,11,13-14H2,1H3,(H,23,24). The van der Waals surface area contributed by atoms with E-state index in [9.17, 15) is 4.79 Å². The summed E-state index contributed by atoms with van der Waals surface area (Å²) in [7, 11) is 0. The van der Waals surface area contributed by atoms with E-state index in [1.807, 2.05) is 49.4 Å². The average molecular weight is 339 g/mol. The van der Waals surface area contributed by atoms with Gasteiger partial charge in [0.2, 0.25) is 5.91 Å². The van der Waals surface area contributed by atoms with Crippen molar-refractivity contribution < 1.29 is 9.53 Å². The first kappa shape index (κ1) is 17.4. The molecule has 0 radical (unpaired) electrons. The molecule has 1 aliphatic heterocycles. The maximum Gasteiger partial charge on any atom is 0.222 e. The molecule has 5 nitrogen and oxygen atoms in total. The Bertz CT molecular complexity index is 684. The molecule has 1 amide bonds. The maximum absolute atomic E-state index is 12.2. The molecular formula is C20H25N3O2. The van der Waals surface area contributed by atoms with Crippen LogP contribution in [-0.2, 0) is 11.4 Å². The third-order valence-corrected chi connectivity index (χ3v) is 4.44. The average Bonchev–Trinajstić information content (AvgIpc) is 3.14. The fourth-order valence-electron chi connectivity index (χ4n) is 3.05. The lowest BCUT2D eigenvalue weighted by molar-refractivity contribution is -0.122. The van der Waals surface area contributed by atoms with E-state index in [1.54, 1.807) is 6.20 Å². The van der Waals surface area contributed by atoms with E-state index in [1.165, 1.54) is 0 Å². The Morgan fingerprint density at radius 3 is 3.04 bits per heavy atom. The molecule has 2 aromatic rings. The van der Waals surface area contributed by atoms with Crippen LogP contribution in [0.4, 0.5) is 0 Å². The Morgan fingerprint density at radius 1 is 1.36 bits per heavy atom. The van der Waals surface area contributed by atoms with Gasteiger partial charge in [0.1, 0.15) is 12.4 Å². The number of pyridine rings is 1. The van der Waals surface area contributed by atoms with Gasteiger partial charge in [-0.05, 0) is 56.1 Å². The van der Waals surface area contributed by atoms with Crippen molar-refractivity contribution in [2.24, 2.45) is 0 Å². The Kier molecular flexibility index (Phi) is 6.01. The SMILES string of the molecule is CC(NC(=O)CC1CCCN1)c1cccc(OCc2ccccn2)c1. The largest absolute Gasteiger partial charge is 0.487 e. The van der Waals surface area contributed by atoms with Crippen LogP contribution < -0.4 is 15.4 Å². The monoisotopic (exact) mass is 339 g/mol. The summed E-state index contributed by atoms with van der Waals surface area (Å²) in [6.07, 6.45) is 4.54. The summed E-state index contributed by atoms with van der Waals surface area (Å²) in [5.41, 5.74) is 1.92. The van der Waals surface area contributed by atoms with Gasteiger partial charge in [-0.1, -0.05) is 18.2 Å². The smallest absolute Gasteiger partial charge is 0.222 e. The first-order chi connectivity index (χ1) is 12.2. The Labute approximate surface area is 148 Å². The molecule has 5 heteroatoms. The minimum atomic E-state index is -0.0488. The Balaban J connectivity index is 1.53. The first-order valence-corrected chi connectivity index (χ1v) is 8.86. The number of nitrogens with zero attached hydrogens (tertiary/aromatic N) is 1. The summed E-state index contributed by atoms with van der Waals surface area (Å²) in [4.78, 5) is 16.4. The van der Waals surface area contributed by atoms with Crippen LogP contribution in [0.2, 0.25) is 0 Å². The van der Waals surface area contributed by atoms with Gasteiger partial charge in [-0.2, -0.15) is 0 Å². The molecule has 2 unspecified atom stereocenters. The zero-order valence-corrected chi connectivity index (χ0v) is 14.6. The normalized spacial score (nSPS) is 17.9.